The Morgan fingerprint density at radius 3 is 2.66 bits per heavy atom. The molecule has 5 nitrogen and oxygen atoms in total. The summed E-state index contributed by atoms with van der Waals surface area (Å²) in [5.74, 6) is 2.25. The molecule has 0 saturated carbocycles. The zero-order chi connectivity index (χ0) is 22.5. The Kier molecular flexibility index (Phi) is 6.90. The number of urea groups is 1. The first-order valence-electron chi connectivity index (χ1n) is 10.7. The van der Waals surface area contributed by atoms with E-state index in [0.717, 1.165) is 33.7 Å². The van der Waals surface area contributed by atoms with Gasteiger partial charge in [0.1, 0.15) is 12.0 Å². The quantitative estimate of drug-likeness (QED) is 0.490. The Labute approximate surface area is 193 Å². The molecule has 0 unspecified atom stereocenters. The number of methoxy groups -OCH3 is 1. The highest BCUT2D eigenvalue weighted by molar-refractivity contribution is 7.99. The van der Waals surface area contributed by atoms with E-state index in [1.807, 2.05) is 85.5 Å². The van der Waals surface area contributed by atoms with E-state index in [1.165, 1.54) is 0 Å². The number of hydrogen-bond acceptors (Lipinski definition) is 4. The molecule has 166 valence electrons. The van der Waals surface area contributed by atoms with Crippen LogP contribution in [0.25, 0.3) is 0 Å². The molecule has 1 aliphatic heterocycles. The van der Waals surface area contributed by atoms with Gasteiger partial charge in [-0.25, -0.2) is 4.79 Å². The lowest BCUT2D eigenvalue weighted by atomic mass is 10.1. The summed E-state index contributed by atoms with van der Waals surface area (Å²) in [6, 6.07) is 21.8. The fourth-order valence-corrected chi connectivity index (χ4v) is 4.97. The lowest BCUT2D eigenvalue weighted by Crippen LogP contribution is -2.34. The van der Waals surface area contributed by atoms with Gasteiger partial charge in [-0.2, -0.15) is 0 Å². The molecule has 1 saturated heterocycles. The van der Waals surface area contributed by atoms with Gasteiger partial charge < -0.3 is 19.7 Å². The number of nitrogens with one attached hydrogen (secondary N) is 1. The second-order valence-corrected chi connectivity index (χ2v) is 8.97. The third-order valence-electron chi connectivity index (χ3n) is 5.71. The number of rotatable bonds is 6. The third-order valence-corrected chi connectivity index (χ3v) is 6.97. The van der Waals surface area contributed by atoms with Crippen LogP contribution in [0, 0.1) is 13.8 Å². The summed E-state index contributed by atoms with van der Waals surface area (Å²) in [5, 5.41) is 3.02. The summed E-state index contributed by atoms with van der Waals surface area (Å²) in [4.78, 5) is 15.0. The molecule has 0 aliphatic carbocycles. The number of anilines is 1. The predicted octanol–water partition coefficient (Wildman–Crippen LogP) is 6.17. The number of ether oxygens (including phenoxy) is 2. The highest BCUT2D eigenvalue weighted by Crippen LogP contribution is 2.41. The number of carbonyl (C=O) groups is 1. The van der Waals surface area contributed by atoms with Crippen LogP contribution in [0.4, 0.5) is 10.5 Å². The molecule has 32 heavy (non-hydrogen) atoms. The number of nitrogens with zero attached hydrogens (tertiary/aromatic N) is 1. The van der Waals surface area contributed by atoms with Crippen LogP contribution in [0.2, 0.25) is 0 Å². The van der Waals surface area contributed by atoms with E-state index in [9.17, 15) is 4.79 Å². The van der Waals surface area contributed by atoms with E-state index in [4.69, 9.17) is 9.47 Å². The van der Waals surface area contributed by atoms with Gasteiger partial charge in [0.25, 0.3) is 0 Å². The van der Waals surface area contributed by atoms with Crippen molar-refractivity contribution in [2.75, 3.05) is 24.7 Å². The zero-order valence-corrected chi connectivity index (χ0v) is 19.4. The predicted molar refractivity (Wildman–Crippen MR) is 131 cm³/mol. The summed E-state index contributed by atoms with van der Waals surface area (Å²) in [7, 11) is 1.64. The summed E-state index contributed by atoms with van der Waals surface area (Å²) < 4.78 is 11.6. The van der Waals surface area contributed by atoms with Crippen molar-refractivity contribution >= 4 is 23.5 Å². The molecule has 1 atom stereocenters. The van der Waals surface area contributed by atoms with Crippen molar-refractivity contribution in [1.29, 1.82) is 0 Å². The third kappa shape index (κ3) is 4.86. The van der Waals surface area contributed by atoms with Gasteiger partial charge in [0.2, 0.25) is 0 Å². The standard InChI is InChI=1S/C26H28N2O3S/c1-18-8-7-11-22(19(18)2)27-26(29)28-14-15-32-25(28)21-12-13-23(24(16-21)30-3)31-17-20-9-5-4-6-10-20/h4-13,16,25H,14-15,17H2,1-3H3,(H,27,29)/t25-/m1/s1. The van der Waals surface area contributed by atoms with Crippen molar-refractivity contribution < 1.29 is 14.3 Å². The SMILES string of the molecule is COc1cc([C@H]2SCCN2C(=O)Nc2cccc(C)c2C)ccc1OCc1ccccc1. The van der Waals surface area contributed by atoms with Crippen LogP contribution < -0.4 is 14.8 Å². The fourth-order valence-electron chi connectivity index (χ4n) is 3.72. The number of hydrogen-bond donors (Lipinski definition) is 1. The molecule has 1 heterocycles. The van der Waals surface area contributed by atoms with E-state index in [1.54, 1.807) is 18.9 Å². The number of carbonyl (C=O) groups excluding carboxylic acids is 1. The van der Waals surface area contributed by atoms with Gasteiger partial charge in [-0.05, 0) is 54.3 Å². The minimum Gasteiger partial charge on any atom is -0.493 e. The van der Waals surface area contributed by atoms with Crippen LogP contribution in [-0.4, -0.2) is 30.3 Å². The van der Waals surface area contributed by atoms with Crippen molar-refractivity contribution in [2.45, 2.75) is 25.8 Å². The molecular weight excluding hydrogens is 420 g/mol. The van der Waals surface area contributed by atoms with Crippen LogP contribution in [0.5, 0.6) is 11.5 Å². The summed E-state index contributed by atoms with van der Waals surface area (Å²) in [5.41, 5.74) is 5.22. The molecular formula is C26H28N2O3S. The molecule has 4 rings (SSSR count). The smallest absolute Gasteiger partial charge is 0.323 e. The molecule has 3 aromatic rings. The molecule has 1 aliphatic rings. The average molecular weight is 449 g/mol. The Hall–Kier alpha value is -3.12. The maximum Gasteiger partial charge on any atom is 0.323 e. The molecule has 2 amide bonds. The van der Waals surface area contributed by atoms with Gasteiger partial charge in [-0.3, -0.25) is 0 Å². The Bertz CT molecular complexity index is 1090. The van der Waals surface area contributed by atoms with E-state index in [-0.39, 0.29) is 11.4 Å². The second-order valence-electron chi connectivity index (χ2n) is 7.78. The first-order valence-corrected chi connectivity index (χ1v) is 11.7. The molecule has 0 spiro atoms. The van der Waals surface area contributed by atoms with Crippen LogP contribution in [0.15, 0.2) is 66.7 Å². The second kappa shape index (κ2) is 10.0. The van der Waals surface area contributed by atoms with Crippen molar-refractivity contribution in [2.24, 2.45) is 0 Å². The van der Waals surface area contributed by atoms with Crippen molar-refractivity contribution in [3.63, 3.8) is 0 Å². The van der Waals surface area contributed by atoms with Gasteiger partial charge in [-0.1, -0.05) is 48.5 Å². The monoisotopic (exact) mass is 448 g/mol. The molecule has 0 radical (unpaired) electrons. The number of aryl methyl sites for hydroxylation is 1. The van der Waals surface area contributed by atoms with Crippen LogP contribution in [-0.2, 0) is 6.61 Å². The fraction of sp³-hybridized carbons (Fsp3) is 0.269. The highest BCUT2D eigenvalue weighted by Gasteiger charge is 2.31. The van der Waals surface area contributed by atoms with E-state index in [2.05, 4.69) is 5.32 Å². The zero-order valence-electron chi connectivity index (χ0n) is 18.6. The minimum atomic E-state index is -0.0860. The maximum absolute atomic E-state index is 13.1. The van der Waals surface area contributed by atoms with Gasteiger partial charge in [0.15, 0.2) is 11.5 Å². The number of thioether (sulfide) groups is 1. The van der Waals surface area contributed by atoms with Gasteiger partial charge in [0, 0.05) is 18.0 Å². The molecule has 0 bridgehead atoms. The number of benzene rings is 3. The van der Waals surface area contributed by atoms with Gasteiger partial charge >= 0.3 is 6.03 Å². The Morgan fingerprint density at radius 1 is 1.06 bits per heavy atom. The van der Waals surface area contributed by atoms with Crippen LogP contribution >= 0.6 is 11.8 Å². The van der Waals surface area contributed by atoms with Crippen LogP contribution in [0.3, 0.4) is 0 Å². The van der Waals surface area contributed by atoms with Gasteiger partial charge in [-0.15, -0.1) is 11.8 Å². The summed E-state index contributed by atoms with van der Waals surface area (Å²) in [6.45, 7) is 5.24. The molecule has 6 heteroatoms. The average Bonchev–Trinajstić information content (AvgIpc) is 3.31. The Morgan fingerprint density at radius 2 is 1.88 bits per heavy atom. The molecule has 1 N–H and O–H groups in total. The highest BCUT2D eigenvalue weighted by atomic mass is 32.2. The van der Waals surface area contributed by atoms with Crippen molar-refractivity contribution in [1.82, 2.24) is 4.90 Å². The van der Waals surface area contributed by atoms with Crippen LogP contribution in [0.1, 0.15) is 27.6 Å². The molecule has 1 fully saturated rings. The Balaban J connectivity index is 1.49. The maximum atomic E-state index is 13.1. The van der Waals surface area contributed by atoms with E-state index in [0.29, 0.717) is 24.7 Å². The van der Waals surface area contributed by atoms with E-state index < -0.39 is 0 Å². The summed E-state index contributed by atoms with van der Waals surface area (Å²) in [6.07, 6.45) is 0. The van der Waals surface area contributed by atoms with Crippen molar-refractivity contribution in [3.05, 3.63) is 89.0 Å². The van der Waals surface area contributed by atoms with Crippen molar-refractivity contribution in [3.8, 4) is 11.5 Å². The first kappa shape index (κ1) is 22.1. The molecule has 3 aromatic carbocycles. The minimum absolute atomic E-state index is 0.0720. The first-order chi connectivity index (χ1) is 15.6. The molecule has 0 aromatic heterocycles. The van der Waals surface area contributed by atoms with E-state index >= 15 is 0 Å². The summed E-state index contributed by atoms with van der Waals surface area (Å²) >= 11 is 1.75. The number of amides is 2. The largest absolute Gasteiger partial charge is 0.493 e. The topological polar surface area (TPSA) is 50.8 Å². The lowest BCUT2D eigenvalue weighted by molar-refractivity contribution is 0.214. The lowest BCUT2D eigenvalue weighted by Gasteiger charge is -2.25. The normalized spacial score (nSPS) is 15.5. The van der Waals surface area contributed by atoms with Gasteiger partial charge in [0.05, 0.1) is 7.11 Å².